The van der Waals surface area contributed by atoms with Crippen LogP contribution in [0.2, 0.25) is 0 Å². The summed E-state index contributed by atoms with van der Waals surface area (Å²) in [6.07, 6.45) is 5.99. The van der Waals surface area contributed by atoms with Gasteiger partial charge in [0.25, 0.3) is 11.8 Å². The van der Waals surface area contributed by atoms with Gasteiger partial charge in [0.05, 0.1) is 16.9 Å². The number of benzene rings is 2. The first-order valence-corrected chi connectivity index (χ1v) is 11.9. The fourth-order valence-electron chi connectivity index (χ4n) is 4.44. The zero-order valence-electron chi connectivity index (χ0n) is 20.0. The number of carbonyl (C=O) groups is 2. The van der Waals surface area contributed by atoms with Crippen LogP contribution in [0.4, 0.5) is 5.69 Å². The lowest BCUT2D eigenvalue weighted by Crippen LogP contribution is -2.29. The summed E-state index contributed by atoms with van der Waals surface area (Å²) in [7, 11) is 0. The quantitative estimate of drug-likeness (QED) is 0.431. The van der Waals surface area contributed by atoms with E-state index < -0.39 is 0 Å². The Morgan fingerprint density at radius 3 is 2.63 bits per heavy atom. The van der Waals surface area contributed by atoms with E-state index in [1.54, 1.807) is 24.3 Å². The number of aromatic nitrogens is 2. The average Bonchev–Trinajstić information content (AvgIpc) is 3.52. The van der Waals surface area contributed by atoms with Crippen LogP contribution >= 0.6 is 0 Å². The van der Waals surface area contributed by atoms with Gasteiger partial charge in [-0.25, -0.2) is 4.98 Å². The van der Waals surface area contributed by atoms with Crippen LogP contribution in [0.5, 0.6) is 5.75 Å². The Morgan fingerprint density at radius 1 is 1.00 bits per heavy atom. The van der Waals surface area contributed by atoms with Crippen LogP contribution in [0, 0.1) is 13.8 Å². The number of aryl methyl sites for hydroxylation is 2. The van der Waals surface area contributed by atoms with Crippen molar-refractivity contribution in [3.05, 3.63) is 94.9 Å². The van der Waals surface area contributed by atoms with E-state index >= 15 is 0 Å². The second-order valence-electron chi connectivity index (χ2n) is 8.97. The van der Waals surface area contributed by atoms with Crippen molar-refractivity contribution in [1.29, 1.82) is 0 Å². The smallest absolute Gasteiger partial charge is 0.256 e. The van der Waals surface area contributed by atoms with Crippen LogP contribution in [0.3, 0.4) is 0 Å². The number of nitrogens with zero attached hydrogens (tertiary/aromatic N) is 3. The summed E-state index contributed by atoms with van der Waals surface area (Å²) in [5, 5.41) is 2.94. The van der Waals surface area contributed by atoms with Crippen molar-refractivity contribution < 1.29 is 14.3 Å². The van der Waals surface area contributed by atoms with Gasteiger partial charge in [-0.2, -0.15) is 0 Å². The summed E-state index contributed by atoms with van der Waals surface area (Å²) in [5.41, 5.74) is 5.19. The first-order valence-electron chi connectivity index (χ1n) is 11.9. The fraction of sp³-hybridized carbons (Fsp3) is 0.250. The molecule has 2 aromatic carbocycles. The molecule has 0 bridgehead atoms. The predicted octanol–water partition coefficient (Wildman–Crippen LogP) is 5.02. The molecule has 0 unspecified atom stereocenters. The molecule has 4 aromatic rings. The van der Waals surface area contributed by atoms with Gasteiger partial charge < -0.3 is 19.4 Å². The Labute approximate surface area is 204 Å². The number of amides is 2. The molecule has 0 spiro atoms. The highest BCUT2D eigenvalue weighted by atomic mass is 16.5. The molecule has 7 heteroatoms. The average molecular weight is 469 g/mol. The normalized spacial score (nSPS) is 13.3. The van der Waals surface area contributed by atoms with E-state index in [9.17, 15) is 9.59 Å². The molecule has 178 valence electrons. The van der Waals surface area contributed by atoms with Gasteiger partial charge in [0, 0.05) is 31.0 Å². The predicted molar refractivity (Wildman–Crippen MR) is 135 cm³/mol. The minimum absolute atomic E-state index is 0.0318. The molecule has 5 rings (SSSR count). The number of imidazole rings is 1. The number of carbonyl (C=O) groups excluding carboxylic acids is 2. The number of nitrogens with one attached hydrogen (secondary N) is 1. The zero-order valence-corrected chi connectivity index (χ0v) is 20.0. The second-order valence-corrected chi connectivity index (χ2v) is 8.97. The third-order valence-corrected chi connectivity index (χ3v) is 6.26. The van der Waals surface area contributed by atoms with E-state index in [2.05, 4.69) is 10.3 Å². The Bertz CT molecular complexity index is 1400. The molecule has 1 N–H and O–H groups in total. The van der Waals surface area contributed by atoms with Crippen molar-refractivity contribution in [2.75, 3.05) is 18.4 Å². The number of anilines is 1. The van der Waals surface area contributed by atoms with Gasteiger partial charge in [0.15, 0.2) is 0 Å². The molecule has 0 saturated carbocycles. The van der Waals surface area contributed by atoms with Gasteiger partial charge in [-0.3, -0.25) is 9.59 Å². The number of likely N-dealkylation sites (tertiary alicyclic amines) is 1. The van der Waals surface area contributed by atoms with E-state index in [-0.39, 0.29) is 18.4 Å². The van der Waals surface area contributed by atoms with Crippen LogP contribution in [-0.2, 0) is 6.61 Å². The van der Waals surface area contributed by atoms with Crippen LogP contribution < -0.4 is 10.1 Å². The number of pyridine rings is 1. The molecule has 7 nitrogen and oxygen atoms in total. The van der Waals surface area contributed by atoms with Crippen LogP contribution in [0.1, 0.15) is 50.4 Å². The molecule has 1 aliphatic heterocycles. The third-order valence-electron chi connectivity index (χ3n) is 6.26. The monoisotopic (exact) mass is 468 g/mol. The molecule has 3 heterocycles. The van der Waals surface area contributed by atoms with Crippen molar-refractivity contribution >= 4 is 23.1 Å². The Hall–Kier alpha value is -4.13. The standard InChI is InChI=1S/C28H28N4O3/c1-19-11-12-25-29-22(17-32(25)16-19)18-35-23-9-6-8-21(15-23)27(33)30-24-10-5-7-20(2)26(24)28(34)31-13-3-4-14-31/h5-12,15-17H,3-4,13-14,18H2,1-2H3,(H,30,33). The lowest BCUT2D eigenvalue weighted by atomic mass is 10.0. The van der Waals surface area contributed by atoms with Gasteiger partial charge in [0.2, 0.25) is 0 Å². The molecule has 1 aliphatic rings. The summed E-state index contributed by atoms with van der Waals surface area (Å²) in [4.78, 5) is 32.6. The lowest BCUT2D eigenvalue weighted by molar-refractivity contribution is 0.0793. The SMILES string of the molecule is Cc1ccc2nc(COc3cccc(C(=O)Nc4cccc(C)c4C(=O)N4CCCC4)c3)cn2c1. The Morgan fingerprint density at radius 2 is 1.80 bits per heavy atom. The van der Waals surface area contributed by atoms with Crippen molar-refractivity contribution in [2.24, 2.45) is 0 Å². The largest absolute Gasteiger partial charge is 0.487 e. The summed E-state index contributed by atoms with van der Waals surface area (Å²) < 4.78 is 7.90. The van der Waals surface area contributed by atoms with E-state index in [0.29, 0.717) is 22.6 Å². The molecule has 1 saturated heterocycles. The van der Waals surface area contributed by atoms with Crippen molar-refractivity contribution in [3.8, 4) is 5.75 Å². The molecular weight excluding hydrogens is 440 g/mol. The maximum Gasteiger partial charge on any atom is 0.256 e. The van der Waals surface area contributed by atoms with Crippen molar-refractivity contribution in [3.63, 3.8) is 0 Å². The maximum absolute atomic E-state index is 13.1. The number of ether oxygens (including phenoxy) is 1. The highest BCUT2D eigenvalue weighted by molar-refractivity contribution is 6.09. The Kier molecular flexibility index (Phi) is 6.23. The molecule has 2 aromatic heterocycles. The molecular formula is C28H28N4O3. The summed E-state index contributed by atoms with van der Waals surface area (Å²) in [6, 6.07) is 16.5. The van der Waals surface area contributed by atoms with Crippen molar-refractivity contribution in [1.82, 2.24) is 14.3 Å². The van der Waals surface area contributed by atoms with Gasteiger partial charge in [-0.1, -0.05) is 24.3 Å². The molecule has 0 atom stereocenters. The van der Waals surface area contributed by atoms with Crippen molar-refractivity contribution in [2.45, 2.75) is 33.3 Å². The van der Waals surface area contributed by atoms with E-state index in [4.69, 9.17) is 4.74 Å². The number of hydrogen-bond acceptors (Lipinski definition) is 4. The van der Waals surface area contributed by atoms with E-state index in [1.807, 2.05) is 65.9 Å². The second kappa shape index (κ2) is 9.62. The number of rotatable bonds is 6. The molecule has 0 aliphatic carbocycles. The van der Waals surface area contributed by atoms with E-state index in [1.165, 1.54) is 0 Å². The zero-order chi connectivity index (χ0) is 24.4. The minimum atomic E-state index is -0.292. The van der Waals surface area contributed by atoms with E-state index in [0.717, 1.165) is 48.4 Å². The van der Waals surface area contributed by atoms with Gasteiger partial charge >= 0.3 is 0 Å². The summed E-state index contributed by atoms with van der Waals surface area (Å²) >= 11 is 0. The number of hydrogen-bond donors (Lipinski definition) is 1. The molecule has 2 amide bonds. The van der Waals surface area contributed by atoms with Gasteiger partial charge in [-0.15, -0.1) is 0 Å². The highest BCUT2D eigenvalue weighted by Gasteiger charge is 2.24. The van der Waals surface area contributed by atoms with Gasteiger partial charge in [-0.05, 0) is 68.1 Å². The molecule has 35 heavy (non-hydrogen) atoms. The topological polar surface area (TPSA) is 75.9 Å². The lowest BCUT2D eigenvalue weighted by Gasteiger charge is -2.19. The first-order chi connectivity index (χ1) is 17.0. The summed E-state index contributed by atoms with van der Waals surface area (Å²) in [6.45, 7) is 5.73. The van der Waals surface area contributed by atoms with Crippen LogP contribution in [0.25, 0.3) is 5.65 Å². The highest BCUT2D eigenvalue weighted by Crippen LogP contribution is 2.25. The van der Waals surface area contributed by atoms with Gasteiger partial charge in [0.1, 0.15) is 18.0 Å². The minimum Gasteiger partial charge on any atom is -0.487 e. The third kappa shape index (κ3) is 4.89. The van der Waals surface area contributed by atoms with Crippen LogP contribution in [0.15, 0.2) is 67.0 Å². The first kappa shape index (κ1) is 22.7. The summed E-state index contributed by atoms with van der Waals surface area (Å²) in [5.74, 6) is 0.249. The maximum atomic E-state index is 13.1. The Balaban J connectivity index is 1.30. The van der Waals surface area contributed by atoms with Crippen LogP contribution in [-0.4, -0.2) is 39.2 Å². The number of fused-ring (bicyclic) bond motifs is 1. The molecule has 1 fully saturated rings. The fourth-order valence-corrected chi connectivity index (χ4v) is 4.44. The molecule has 0 radical (unpaired) electrons.